The van der Waals surface area contributed by atoms with Crippen molar-refractivity contribution in [2.75, 3.05) is 32.9 Å². The third-order valence-corrected chi connectivity index (χ3v) is 5.54. The number of carboxylic acids is 1. The number of benzene rings is 1. The third-order valence-electron chi connectivity index (χ3n) is 3.66. The van der Waals surface area contributed by atoms with Crippen molar-refractivity contribution >= 4 is 16.0 Å². The van der Waals surface area contributed by atoms with Crippen LogP contribution >= 0.6 is 0 Å². The SMILES string of the molecule is CCOCCOc1ccc(S(=O)(=O)N2CCC(C(=O)O)C2)cc1. The summed E-state index contributed by atoms with van der Waals surface area (Å²) in [4.78, 5) is 11.1. The van der Waals surface area contributed by atoms with E-state index < -0.39 is 21.9 Å². The smallest absolute Gasteiger partial charge is 0.307 e. The van der Waals surface area contributed by atoms with Crippen LogP contribution in [-0.4, -0.2) is 56.7 Å². The largest absolute Gasteiger partial charge is 0.491 e. The van der Waals surface area contributed by atoms with E-state index in [1.165, 1.54) is 16.4 Å². The zero-order chi connectivity index (χ0) is 16.9. The van der Waals surface area contributed by atoms with E-state index in [0.29, 0.717) is 32.0 Å². The van der Waals surface area contributed by atoms with E-state index in [1.54, 1.807) is 12.1 Å². The van der Waals surface area contributed by atoms with Gasteiger partial charge in [0.25, 0.3) is 0 Å². The van der Waals surface area contributed by atoms with E-state index in [2.05, 4.69) is 0 Å². The number of hydrogen-bond donors (Lipinski definition) is 1. The highest BCUT2D eigenvalue weighted by Crippen LogP contribution is 2.25. The summed E-state index contributed by atoms with van der Waals surface area (Å²) >= 11 is 0. The lowest BCUT2D eigenvalue weighted by atomic mass is 10.1. The van der Waals surface area contributed by atoms with Crippen LogP contribution in [0.3, 0.4) is 0 Å². The number of aliphatic carboxylic acids is 1. The van der Waals surface area contributed by atoms with Crippen molar-refractivity contribution in [1.82, 2.24) is 4.31 Å². The first-order chi connectivity index (χ1) is 10.9. The minimum absolute atomic E-state index is 0.0181. The summed E-state index contributed by atoms with van der Waals surface area (Å²) in [6.45, 7) is 3.63. The van der Waals surface area contributed by atoms with Gasteiger partial charge in [-0.2, -0.15) is 4.31 Å². The van der Waals surface area contributed by atoms with Crippen molar-refractivity contribution in [2.24, 2.45) is 5.92 Å². The van der Waals surface area contributed by atoms with Crippen molar-refractivity contribution in [1.29, 1.82) is 0 Å². The summed E-state index contributed by atoms with van der Waals surface area (Å²) in [5.74, 6) is -1.03. The number of carbonyl (C=O) groups is 1. The fourth-order valence-corrected chi connectivity index (χ4v) is 3.87. The number of ether oxygens (including phenoxy) is 2. The molecule has 1 fully saturated rings. The van der Waals surface area contributed by atoms with Gasteiger partial charge in [0.2, 0.25) is 10.0 Å². The Morgan fingerprint density at radius 2 is 2.00 bits per heavy atom. The molecular formula is C15H21NO6S. The molecule has 2 rings (SSSR count). The van der Waals surface area contributed by atoms with Crippen LogP contribution in [0.2, 0.25) is 0 Å². The van der Waals surface area contributed by atoms with Gasteiger partial charge in [0.05, 0.1) is 17.4 Å². The molecule has 0 saturated carbocycles. The highest BCUT2D eigenvalue weighted by atomic mass is 32.2. The Bertz CT molecular complexity index is 628. The standard InChI is InChI=1S/C15H21NO6S/c1-2-21-9-10-22-13-3-5-14(6-4-13)23(19,20)16-8-7-12(11-16)15(17)18/h3-6,12H,2,7-11H2,1H3,(H,17,18). The Morgan fingerprint density at radius 1 is 1.30 bits per heavy atom. The quantitative estimate of drug-likeness (QED) is 0.713. The molecule has 1 aliphatic rings. The molecule has 1 aromatic carbocycles. The molecule has 0 spiro atoms. The maximum absolute atomic E-state index is 12.5. The van der Waals surface area contributed by atoms with Gasteiger partial charge in [0.15, 0.2) is 0 Å². The van der Waals surface area contributed by atoms with Crippen molar-refractivity contribution in [3.63, 3.8) is 0 Å². The van der Waals surface area contributed by atoms with E-state index in [-0.39, 0.29) is 18.0 Å². The van der Waals surface area contributed by atoms with Gasteiger partial charge in [-0.05, 0) is 37.6 Å². The Balaban J connectivity index is 1.99. The van der Waals surface area contributed by atoms with Crippen molar-refractivity contribution in [3.05, 3.63) is 24.3 Å². The molecule has 1 saturated heterocycles. The molecule has 0 aliphatic carbocycles. The number of nitrogens with zero attached hydrogens (tertiary/aromatic N) is 1. The second kappa shape index (κ2) is 7.76. The average molecular weight is 343 g/mol. The van der Waals surface area contributed by atoms with Crippen LogP contribution in [0.5, 0.6) is 5.75 Å². The molecule has 128 valence electrons. The topological polar surface area (TPSA) is 93.1 Å². The van der Waals surface area contributed by atoms with Gasteiger partial charge in [-0.1, -0.05) is 0 Å². The van der Waals surface area contributed by atoms with Crippen LogP contribution in [-0.2, 0) is 19.6 Å². The number of hydrogen-bond acceptors (Lipinski definition) is 5. The zero-order valence-electron chi connectivity index (χ0n) is 13.0. The summed E-state index contributed by atoms with van der Waals surface area (Å²) in [7, 11) is -3.66. The van der Waals surface area contributed by atoms with Crippen LogP contribution < -0.4 is 4.74 Å². The maximum atomic E-state index is 12.5. The van der Waals surface area contributed by atoms with Crippen LogP contribution in [0.1, 0.15) is 13.3 Å². The van der Waals surface area contributed by atoms with E-state index in [0.717, 1.165) is 0 Å². The first-order valence-corrected chi connectivity index (χ1v) is 8.92. The lowest BCUT2D eigenvalue weighted by molar-refractivity contribution is -0.141. The van der Waals surface area contributed by atoms with Gasteiger partial charge in [-0.25, -0.2) is 8.42 Å². The van der Waals surface area contributed by atoms with Crippen LogP contribution in [0.15, 0.2) is 29.2 Å². The van der Waals surface area contributed by atoms with E-state index in [9.17, 15) is 13.2 Å². The normalized spacial score (nSPS) is 18.9. The summed E-state index contributed by atoms with van der Waals surface area (Å²) in [6, 6.07) is 6.12. The first kappa shape index (κ1) is 17.7. The fourth-order valence-electron chi connectivity index (χ4n) is 2.37. The molecule has 1 N–H and O–H groups in total. The molecular weight excluding hydrogens is 322 g/mol. The number of rotatable bonds is 8. The Morgan fingerprint density at radius 3 is 2.57 bits per heavy atom. The maximum Gasteiger partial charge on any atom is 0.307 e. The molecule has 1 heterocycles. The van der Waals surface area contributed by atoms with Crippen molar-refractivity contribution in [2.45, 2.75) is 18.2 Å². The number of carboxylic acid groups (broad SMARTS) is 1. The molecule has 0 amide bonds. The molecule has 8 heteroatoms. The second-order valence-corrected chi connectivity index (χ2v) is 7.14. The van der Waals surface area contributed by atoms with Gasteiger partial charge < -0.3 is 14.6 Å². The minimum atomic E-state index is -3.66. The molecule has 1 aliphatic heterocycles. The van der Waals surface area contributed by atoms with E-state index in [1.807, 2.05) is 6.92 Å². The molecule has 0 radical (unpaired) electrons. The van der Waals surface area contributed by atoms with E-state index in [4.69, 9.17) is 14.6 Å². The van der Waals surface area contributed by atoms with Crippen molar-refractivity contribution in [3.8, 4) is 5.75 Å². The highest BCUT2D eigenvalue weighted by Gasteiger charge is 2.35. The summed E-state index contributed by atoms with van der Waals surface area (Å²) in [5, 5.41) is 8.98. The van der Waals surface area contributed by atoms with Gasteiger partial charge >= 0.3 is 5.97 Å². The molecule has 0 aromatic heterocycles. The Kier molecular flexibility index (Phi) is 5.97. The summed E-state index contributed by atoms with van der Waals surface area (Å²) in [5.41, 5.74) is 0. The van der Waals surface area contributed by atoms with Crippen LogP contribution in [0, 0.1) is 5.92 Å². The van der Waals surface area contributed by atoms with Gasteiger partial charge in [0, 0.05) is 19.7 Å². The zero-order valence-corrected chi connectivity index (χ0v) is 13.8. The van der Waals surface area contributed by atoms with Crippen LogP contribution in [0.25, 0.3) is 0 Å². The summed E-state index contributed by atoms with van der Waals surface area (Å²) in [6.07, 6.45) is 0.340. The third kappa shape index (κ3) is 4.43. The Labute approximate surface area is 135 Å². The molecule has 23 heavy (non-hydrogen) atoms. The molecule has 1 atom stereocenters. The second-order valence-electron chi connectivity index (χ2n) is 5.20. The Hall–Kier alpha value is -1.64. The van der Waals surface area contributed by atoms with Crippen LogP contribution in [0.4, 0.5) is 0 Å². The number of sulfonamides is 1. The monoisotopic (exact) mass is 343 g/mol. The molecule has 0 bridgehead atoms. The molecule has 7 nitrogen and oxygen atoms in total. The van der Waals surface area contributed by atoms with E-state index >= 15 is 0 Å². The lowest BCUT2D eigenvalue weighted by Crippen LogP contribution is -2.30. The van der Waals surface area contributed by atoms with Crippen molar-refractivity contribution < 1.29 is 27.8 Å². The van der Waals surface area contributed by atoms with Gasteiger partial charge in [-0.3, -0.25) is 4.79 Å². The average Bonchev–Trinajstić information content (AvgIpc) is 3.03. The summed E-state index contributed by atoms with van der Waals surface area (Å²) < 4.78 is 36.8. The molecule has 1 aromatic rings. The van der Waals surface area contributed by atoms with Gasteiger partial charge in [0.1, 0.15) is 12.4 Å². The highest BCUT2D eigenvalue weighted by molar-refractivity contribution is 7.89. The minimum Gasteiger partial charge on any atom is -0.491 e. The first-order valence-electron chi connectivity index (χ1n) is 7.48. The fraction of sp³-hybridized carbons (Fsp3) is 0.533. The predicted molar refractivity (Wildman–Crippen MR) is 82.9 cm³/mol. The van der Waals surface area contributed by atoms with Gasteiger partial charge in [-0.15, -0.1) is 0 Å². The lowest BCUT2D eigenvalue weighted by Gasteiger charge is -2.16. The predicted octanol–water partition coefficient (Wildman–Crippen LogP) is 1.20. The molecule has 1 unspecified atom stereocenters.